The van der Waals surface area contributed by atoms with Gasteiger partial charge in [0, 0.05) is 0 Å². The maximum Gasteiger partial charge on any atom is 0.227 e. The summed E-state index contributed by atoms with van der Waals surface area (Å²) in [4.78, 5) is 12.3. The number of carbonyl (C=O) groups is 1. The van der Waals surface area contributed by atoms with Crippen LogP contribution in [0.1, 0.15) is 37.8 Å². The molecule has 1 unspecified atom stereocenters. The molecule has 22 heavy (non-hydrogen) atoms. The van der Waals surface area contributed by atoms with Crippen LogP contribution in [0.5, 0.6) is 0 Å². The molecule has 1 amide bonds. The minimum absolute atomic E-state index is 0.339. The van der Waals surface area contributed by atoms with Gasteiger partial charge in [-0.15, -0.1) is 0 Å². The number of hydrogen-bond donors (Lipinski definition) is 4. The van der Waals surface area contributed by atoms with Crippen LogP contribution in [0.15, 0.2) is 24.3 Å². The van der Waals surface area contributed by atoms with E-state index in [1.807, 2.05) is 24.3 Å². The lowest BCUT2D eigenvalue weighted by molar-refractivity contribution is -0.126. The Kier molecular flexibility index (Phi) is 7.00. The number of amides is 1. The first kappa shape index (κ1) is 18.6. The van der Waals surface area contributed by atoms with Gasteiger partial charge in [-0.25, -0.2) is 0 Å². The number of hydrogen-bond acceptors (Lipinski definition) is 4. The molecular weight excluding hydrogens is 282 g/mol. The highest BCUT2D eigenvalue weighted by Gasteiger charge is 2.31. The number of benzene rings is 1. The van der Waals surface area contributed by atoms with E-state index in [0.717, 1.165) is 12.0 Å². The Labute approximate surface area is 132 Å². The normalized spacial score (nSPS) is 13.2. The molecule has 124 valence electrons. The van der Waals surface area contributed by atoms with Gasteiger partial charge in [-0.2, -0.15) is 0 Å². The molecule has 0 saturated carbocycles. The minimum atomic E-state index is -1.39. The molecule has 0 spiro atoms. The Morgan fingerprint density at radius 1 is 1.05 bits per heavy atom. The van der Waals surface area contributed by atoms with Gasteiger partial charge in [-0.3, -0.25) is 4.79 Å². The highest BCUT2D eigenvalue weighted by molar-refractivity contribution is 5.84. The quantitative estimate of drug-likeness (QED) is 0.572. The summed E-state index contributed by atoms with van der Waals surface area (Å²) < 4.78 is 0. The van der Waals surface area contributed by atoms with Gasteiger partial charge in [0.1, 0.15) is 5.54 Å². The van der Waals surface area contributed by atoms with E-state index in [9.17, 15) is 20.1 Å². The summed E-state index contributed by atoms with van der Waals surface area (Å²) in [6.45, 7) is 4.50. The van der Waals surface area contributed by atoms with Crippen molar-refractivity contribution in [1.82, 2.24) is 5.32 Å². The first-order valence-corrected chi connectivity index (χ1v) is 7.61. The third kappa shape index (κ3) is 4.80. The zero-order valence-corrected chi connectivity index (χ0v) is 13.5. The van der Waals surface area contributed by atoms with E-state index in [-0.39, 0.29) is 5.91 Å². The van der Waals surface area contributed by atoms with Crippen LogP contribution in [0.4, 0.5) is 0 Å². The van der Waals surface area contributed by atoms with Crippen LogP contribution in [-0.4, -0.2) is 46.6 Å². The van der Waals surface area contributed by atoms with Crippen molar-refractivity contribution in [1.29, 1.82) is 0 Å². The van der Waals surface area contributed by atoms with Crippen LogP contribution in [0, 0.1) is 5.92 Å². The molecule has 5 heteroatoms. The Balaban J connectivity index is 2.78. The van der Waals surface area contributed by atoms with Gasteiger partial charge in [0.15, 0.2) is 0 Å². The van der Waals surface area contributed by atoms with Crippen LogP contribution in [0.25, 0.3) is 0 Å². The minimum Gasteiger partial charge on any atom is -0.394 e. The molecule has 4 N–H and O–H groups in total. The van der Waals surface area contributed by atoms with E-state index in [2.05, 4.69) is 19.2 Å². The summed E-state index contributed by atoms with van der Waals surface area (Å²) >= 11 is 0. The first-order chi connectivity index (χ1) is 10.4. The summed E-state index contributed by atoms with van der Waals surface area (Å²) in [5.41, 5.74) is 0.692. The van der Waals surface area contributed by atoms with Crippen molar-refractivity contribution in [3.05, 3.63) is 35.4 Å². The molecule has 1 aromatic rings. The molecule has 0 aliphatic rings. The fraction of sp³-hybridized carbons (Fsp3) is 0.588. The zero-order valence-electron chi connectivity index (χ0n) is 13.5. The molecule has 0 radical (unpaired) electrons. The van der Waals surface area contributed by atoms with Gasteiger partial charge in [0.25, 0.3) is 0 Å². The Morgan fingerprint density at radius 2 is 1.55 bits per heavy atom. The summed E-state index contributed by atoms with van der Waals surface area (Å²) in [6, 6.07) is 7.86. The van der Waals surface area contributed by atoms with Crippen LogP contribution in [0.2, 0.25) is 0 Å². The molecule has 0 saturated heterocycles. The van der Waals surface area contributed by atoms with E-state index in [1.165, 1.54) is 5.56 Å². The molecule has 1 aromatic carbocycles. The number of rotatable bonds is 8. The predicted octanol–water partition coefficient (Wildman–Crippen LogP) is 0.820. The predicted molar refractivity (Wildman–Crippen MR) is 85.5 cm³/mol. The van der Waals surface area contributed by atoms with E-state index in [1.54, 1.807) is 6.92 Å². The largest absolute Gasteiger partial charge is 0.394 e. The zero-order chi connectivity index (χ0) is 16.8. The lowest BCUT2D eigenvalue weighted by Gasteiger charge is -2.30. The fourth-order valence-electron chi connectivity index (χ4n) is 2.20. The van der Waals surface area contributed by atoms with E-state index in [0.29, 0.717) is 5.92 Å². The number of nitrogens with one attached hydrogen (secondary N) is 1. The second kappa shape index (κ2) is 8.27. The van der Waals surface area contributed by atoms with Gasteiger partial charge in [-0.1, -0.05) is 38.1 Å². The molecule has 0 fully saturated rings. The SMILES string of the molecule is CC(C)Cc1ccc(C(C)C(=O)NC(CO)(CO)CO)cc1. The Bertz CT molecular complexity index is 458. The summed E-state index contributed by atoms with van der Waals surface area (Å²) in [6.07, 6.45) is 0.990. The topological polar surface area (TPSA) is 89.8 Å². The molecule has 0 aliphatic carbocycles. The molecule has 1 rings (SSSR count). The fourth-order valence-corrected chi connectivity index (χ4v) is 2.20. The Hall–Kier alpha value is -1.43. The van der Waals surface area contributed by atoms with Crippen molar-refractivity contribution in [2.24, 2.45) is 5.92 Å². The number of carbonyl (C=O) groups excluding carboxylic acids is 1. The summed E-state index contributed by atoms with van der Waals surface area (Å²) in [5, 5.41) is 30.3. The van der Waals surface area contributed by atoms with Crippen molar-refractivity contribution in [3.8, 4) is 0 Å². The van der Waals surface area contributed by atoms with Crippen molar-refractivity contribution >= 4 is 5.91 Å². The molecule has 0 heterocycles. The Morgan fingerprint density at radius 3 is 1.95 bits per heavy atom. The average Bonchev–Trinajstić information content (AvgIpc) is 2.52. The van der Waals surface area contributed by atoms with Crippen molar-refractivity contribution < 1.29 is 20.1 Å². The highest BCUT2D eigenvalue weighted by atomic mass is 16.3. The van der Waals surface area contributed by atoms with E-state index >= 15 is 0 Å². The third-order valence-corrected chi connectivity index (χ3v) is 3.81. The van der Waals surface area contributed by atoms with Gasteiger partial charge in [0.2, 0.25) is 5.91 Å². The first-order valence-electron chi connectivity index (χ1n) is 7.61. The summed E-state index contributed by atoms with van der Waals surface area (Å²) in [7, 11) is 0. The smallest absolute Gasteiger partial charge is 0.227 e. The molecular formula is C17H27NO4. The van der Waals surface area contributed by atoms with Crippen LogP contribution < -0.4 is 5.32 Å². The van der Waals surface area contributed by atoms with Crippen LogP contribution in [0.3, 0.4) is 0 Å². The lowest BCUT2D eigenvalue weighted by Crippen LogP contribution is -2.57. The monoisotopic (exact) mass is 309 g/mol. The van der Waals surface area contributed by atoms with Crippen LogP contribution >= 0.6 is 0 Å². The third-order valence-electron chi connectivity index (χ3n) is 3.81. The van der Waals surface area contributed by atoms with Gasteiger partial charge >= 0.3 is 0 Å². The van der Waals surface area contributed by atoms with Crippen molar-refractivity contribution in [2.45, 2.75) is 38.6 Å². The van der Waals surface area contributed by atoms with Gasteiger partial charge in [-0.05, 0) is 30.4 Å². The molecule has 1 atom stereocenters. The number of aliphatic hydroxyl groups excluding tert-OH is 3. The van der Waals surface area contributed by atoms with E-state index < -0.39 is 31.3 Å². The number of aliphatic hydroxyl groups is 3. The molecule has 0 aliphatic heterocycles. The molecule has 0 bridgehead atoms. The van der Waals surface area contributed by atoms with Crippen LogP contribution in [-0.2, 0) is 11.2 Å². The van der Waals surface area contributed by atoms with Gasteiger partial charge in [0.05, 0.1) is 25.7 Å². The maximum absolute atomic E-state index is 12.3. The second-order valence-electron chi connectivity index (χ2n) is 6.31. The average molecular weight is 309 g/mol. The summed E-state index contributed by atoms with van der Waals surface area (Å²) in [5.74, 6) is -0.197. The van der Waals surface area contributed by atoms with Crippen molar-refractivity contribution in [3.63, 3.8) is 0 Å². The second-order valence-corrected chi connectivity index (χ2v) is 6.31. The maximum atomic E-state index is 12.3. The highest BCUT2D eigenvalue weighted by Crippen LogP contribution is 2.19. The lowest BCUT2D eigenvalue weighted by atomic mass is 9.94. The standard InChI is InChI=1S/C17H27NO4/c1-12(2)8-14-4-6-15(7-5-14)13(3)16(22)18-17(9-19,10-20)11-21/h4-7,12-13,19-21H,8-11H2,1-3H3,(H,18,22). The van der Waals surface area contributed by atoms with Gasteiger partial charge < -0.3 is 20.6 Å². The molecule has 5 nitrogen and oxygen atoms in total. The van der Waals surface area contributed by atoms with E-state index in [4.69, 9.17) is 0 Å². The molecule has 0 aromatic heterocycles. The van der Waals surface area contributed by atoms with Crippen molar-refractivity contribution in [2.75, 3.05) is 19.8 Å².